The average molecular weight is 170 g/mol. The van der Waals surface area contributed by atoms with Crippen LogP contribution < -0.4 is 0 Å². The van der Waals surface area contributed by atoms with E-state index >= 15 is 0 Å². The second kappa shape index (κ2) is 4.67. The molecule has 0 unspecified atom stereocenters. The first-order valence-corrected chi connectivity index (χ1v) is 3.05. The van der Waals surface area contributed by atoms with E-state index in [1.165, 1.54) is 6.08 Å². The molecule has 0 N–H and O–H groups in total. The molecule has 2 nitrogen and oxygen atoms in total. The second-order valence-electron chi connectivity index (χ2n) is 1.65. The van der Waals surface area contributed by atoms with Gasteiger partial charge in [0.25, 0.3) is 0 Å². The van der Waals surface area contributed by atoms with Gasteiger partial charge in [0.2, 0.25) is 6.08 Å². The number of isocyanates is 1. The van der Waals surface area contributed by atoms with Crippen molar-refractivity contribution in [1.82, 2.24) is 0 Å². The summed E-state index contributed by atoms with van der Waals surface area (Å²) in [7, 11) is 0. The van der Waals surface area contributed by atoms with Crippen molar-refractivity contribution in [2.45, 2.75) is 7.43 Å². The standard InChI is InChI=1S/C7H4ClNO.CH4/c8-6-3-1-2-4-7(6)9-5-10;/h1-4H;1H4. The van der Waals surface area contributed by atoms with E-state index < -0.39 is 0 Å². The Hall–Kier alpha value is -1.11. The zero-order valence-electron chi connectivity index (χ0n) is 5.04. The molecule has 1 aromatic carbocycles. The molecule has 1 aromatic rings. The van der Waals surface area contributed by atoms with Gasteiger partial charge in [0, 0.05) is 0 Å². The lowest BCUT2D eigenvalue weighted by Crippen LogP contribution is -1.64. The summed E-state index contributed by atoms with van der Waals surface area (Å²) in [5.41, 5.74) is 0.458. The fourth-order valence-corrected chi connectivity index (χ4v) is 0.770. The Morgan fingerprint density at radius 3 is 2.55 bits per heavy atom. The fraction of sp³-hybridized carbons (Fsp3) is 0.125. The highest BCUT2D eigenvalue weighted by Gasteiger charge is 1.92. The van der Waals surface area contributed by atoms with Gasteiger partial charge in [0.05, 0.1) is 10.7 Å². The molecule has 0 aliphatic rings. The van der Waals surface area contributed by atoms with Crippen LogP contribution in [0.1, 0.15) is 7.43 Å². The Morgan fingerprint density at radius 1 is 1.36 bits per heavy atom. The van der Waals surface area contributed by atoms with E-state index in [1.807, 2.05) is 0 Å². The van der Waals surface area contributed by atoms with Crippen LogP contribution in [0.15, 0.2) is 29.3 Å². The lowest BCUT2D eigenvalue weighted by atomic mass is 10.3. The molecule has 0 amide bonds. The zero-order chi connectivity index (χ0) is 7.40. The summed E-state index contributed by atoms with van der Waals surface area (Å²) in [6.07, 6.45) is 1.42. The van der Waals surface area contributed by atoms with Gasteiger partial charge in [-0.3, -0.25) is 0 Å². The first-order chi connectivity index (χ1) is 4.84. The van der Waals surface area contributed by atoms with Crippen molar-refractivity contribution in [3.05, 3.63) is 29.3 Å². The number of hydrogen-bond donors (Lipinski definition) is 0. The molecule has 0 saturated carbocycles. The molecule has 0 aliphatic heterocycles. The normalized spacial score (nSPS) is 7.73. The third-order valence-corrected chi connectivity index (χ3v) is 1.34. The molecule has 0 aromatic heterocycles. The van der Waals surface area contributed by atoms with Gasteiger partial charge in [-0.25, -0.2) is 4.79 Å². The fourth-order valence-electron chi connectivity index (χ4n) is 0.592. The first-order valence-electron chi connectivity index (χ1n) is 2.67. The third kappa shape index (κ3) is 2.54. The molecule has 58 valence electrons. The van der Waals surface area contributed by atoms with Crippen LogP contribution in [-0.2, 0) is 4.79 Å². The van der Waals surface area contributed by atoms with Crippen molar-refractivity contribution in [2.75, 3.05) is 0 Å². The van der Waals surface area contributed by atoms with E-state index in [0.717, 1.165) is 0 Å². The van der Waals surface area contributed by atoms with Crippen molar-refractivity contribution in [3.63, 3.8) is 0 Å². The maximum absolute atomic E-state index is 9.78. The van der Waals surface area contributed by atoms with E-state index in [1.54, 1.807) is 24.3 Å². The van der Waals surface area contributed by atoms with Gasteiger partial charge >= 0.3 is 0 Å². The number of benzene rings is 1. The highest BCUT2D eigenvalue weighted by atomic mass is 35.5. The van der Waals surface area contributed by atoms with Crippen molar-refractivity contribution >= 4 is 23.4 Å². The summed E-state index contributed by atoms with van der Waals surface area (Å²) in [6.45, 7) is 0. The predicted molar refractivity (Wildman–Crippen MR) is 46.0 cm³/mol. The molecule has 0 atom stereocenters. The summed E-state index contributed by atoms with van der Waals surface area (Å²) in [5.74, 6) is 0. The van der Waals surface area contributed by atoms with E-state index in [0.29, 0.717) is 10.7 Å². The van der Waals surface area contributed by atoms with Gasteiger partial charge in [0.15, 0.2) is 0 Å². The lowest BCUT2D eigenvalue weighted by Gasteiger charge is -1.90. The van der Waals surface area contributed by atoms with Crippen LogP contribution >= 0.6 is 11.6 Å². The summed E-state index contributed by atoms with van der Waals surface area (Å²) in [6, 6.07) is 6.83. The first kappa shape index (κ1) is 9.89. The molecule has 0 radical (unpaired) electrons. The largest absolute Gasteiger partial charge is 0.240 e. The topological polar surface area (TPSA) is 29.4 Å². The Bertz CT molecular complexity index is 279. The SMILES string of the molecule is C.O=C=Nc1ccccc1Cl. The monoisotopic (exact) mass is 169 g/mol. The molecule has 11 heavy (non-hydrogen) atoms. The quantitative estimate of drug-likeness (QED) is 0.470. The molecule has 0 saturated heterocycles. The van der Waals surface area contributed by atoms with Crippen molar-refractivity contribution in [3.8, 4) is 0 Å². The molecular weight excluding hydrogens is 162 g/mol. The molecule has 1 rings (SSSR count). The minimum Gasteiger partial charge on any atom is -0.211 e. The number of para-hydroxylation sites is 1. The van der Waals surface area contributed by atoms with Gasteiger partial charge in [-0.05, 0) is 12.1 Å². The molecule has 0 bridgehead atoms. The molecule has 0 spiro atoms. The Kier molecular flexibility index (Phi) is 4.20. The van der Waals surface area contributed by atoms with Crippen LogP contribution in [0.5, 0.6) is 0 Å². The van der Waals surface area contributed by atoms with E-state index in [4.69, 9.17) is 11.6 Å². The van der Waals surface area contributed by atoms with Crippen LogP contribution in [0.4, 0.5) is 5.69 Å². The van der Waals surface area contributed by atoms with Gasteiger partial charge in [0.1, 0.15) is 0 Å². The Balaban J connectivity index is 0.000001000. The zero-order valence-corrected chi connectivity index (χ0v) is 5.80. The number of hydrogen-bond acceptors (Lipinski definition) is 2. The number of aliphatic imine (C=N–C) groups is 1. The summed E-state index contributed by atoms with van der Waals surface area (Å²) in [4.78, 5) is 13.1. The van der Waals surface area contributed by atoms with Crippen LogP contribution in [0.3, 0.4) is 0 Å². The highest BCUT2D eigenvalue weighted by Crippen LogP contribution is 2.22. The van der Waals surface area contributed by atoms with Crippen LogP contribution in [0, 0.1) is 0 Å². The third-order valence-electron chi connectivity index (χ3n) is 1.02. The second-order valence-corrected chi connectivity index (χ2v) is 2.06. The van der Waals surface area contributed by atoms with Crippen LogP contribution in [0.25, 0.3) is 0 Å². The van der Waals surface area contributed by atoms with E-state index in [9.17, 15) is 4.79 Å². The maximum atomic E-state index is 9.78. The lowest BCUT2D eigenvalue weighted by molar-refractivity contribution is 0.565. The molecular formula is C8H8ClNO. The molecule has 3 heteroatoms. The summed E-state index contributed by atoms with van der Waals surface area (Å²) < 4.78 is 0. The van der Waals surface area contributed by atoms with Crippen molar-refractivity contribution in [2.24, 2.45) is 4.99 Å². The van der Waals surface area contributed by atoms with Crippen molar-refractivity contribution < 1.29 is 4.79 Å². The maximum Gasteiger partial charge on any atom is 0.240 e. The van der Waals surface area contributed by atoms with Crippen LogP contribution in [-0.4, -0.2) is 6.08 Å². The molecule has 0 fully saturated rings. The summed E-state index contributed by atoms with van der Waals surface area (Å²) in [5, 5.41) is 0.464. The van der Waals surface area contributed by atoms with Gasteiger partial charge in [-0.2, -0.15) is 4.99 Å². The average Bonchev–Trinajstić information content (AvgIpc) is 1.94. The number of carbonyl (C=O) groups excluding carboxylic acids is 1. The van der Waals surface area contributed by atoms with Gasteiger partial charge in [-0.1, -0.05) is 31.2 Å². The highest BCUT2D eigenvalue weighted by molar-refractivity contribution is 6.33. The predicted octanol–water partition coefficient (Wildman–Crippen LogP) is 2.94. The van der Waals surface area contributed by atoms with Crippen LogP contribution in [0.2, 0.25) is 5.02 Å². The van der Waals surface area contributed by atoms with Gasteiger partial charge in [-0.15, -0.1) is 0 Å². The van der Waals surface area contributed by atoms with E-state index in [2.05, 4.69) is 4.99 Å². The smallest absolute Gasteiger partial charge is 0.211 e. The minimum atomic E-state index is 0. The summed E-state index contributed by atoms with van der Waals surface area (Å²) >= 11 is 5.63. The number of rotatable bonds is 1. The molecule has 0 aliphatic carbocycles. The Morgan fingerprint density at radius 2 is 2.00 bits per heavy atom. The molecule has 0 heterocycles. The number of nitrogens with zero attached hydrogens (tertiary/aromatic N) is 1. The Labute approximate surface area is 70.5 Å². The minimum absolute atomic E-state index is 0. The van der Waals surface area contributed by atoms with Crippen molar-refractivity contribution in [1.29, 1.82) is 0 Å². The van der Waals surface area contributed by atoms with E-state index in [-0.39, 0.29) is 7.43 Å². The number of halogens is 1. The van der Waals surface area contributed by atoms with Gasteiger partial charge < -0.3 is 0 Å².